The molecule has 0 bridgehead atoms. The predicted molar refractivity (Wildman–Crippen MR) is 89.3 cm³/mol. The summed E-state index contributed by atoms with van der Waals surface area (Å²) in [5, 5.41) is 16.9. The van der Waals surface area contributed by atoms with Crippen molar-refractivity contribution in [2.75, 3.05) is 25.5 Å². The molecule has 7 N–H and O–H groups in total. The standard InChI is InChI=1S/C14H19N5O.H2NO3/c1-20-11-8-10-4-2-5-18-13(10)12(9-11)17-6-3-7-19-14(15)16;2-1(3)4/h2,4-5,8-9,17H,3,6-7H2,1H3,(H4,15,16,19);(H2,2,3,4)/q;+1. The molecule has 0 aliphatic rings. The summed E-state index contributed by atoms with van der Waals surface area (Å²) >= 11 is 0. The summed E-state index contributed by atoms with van der Waals surface area (Å²) in [6.45, 7) is 1.36. The van der Waals surface area contributed by atoms with Gasteiger partial charge < -0.3 is 21.5 Å². The number of rotatable bonds is 6. The number of aromatic nitrogens is 1. The van der Waals surface area contributed by atoms with Gasteiger partial charge in [0.1, 0.15) is 10.7 Å². The van der Waals surface area contributed by atoms with E-state index in [1.165, 1.54) is 0 Å². The van der Waals surface area contributed by atoms with Crippen LogP contribution >= 0.6 is 0 Å². The summed E-state index contributed by atoms with van der Waals surface area (Å²) in [5.41, 5.74) is 12.4. The average molecular weight is 337 g/mol. The quantitative estimate of drug-likeness (QED) is 0.224. The van der Waals surface area contributed by atoms with Crippen molar-refractivity contribution in [1.29, 1.82) is 0 Å². The number of nitrogens with zero attached hydrogens (tertiary/aromatic N) is 3. The van der Waals surface area contributed by atoms with E-state index < -0.39 is 5.09 Å². The van der Waals surface area contributed by atoms with E-state index in [0.29, 0.717) is 6.54 Å². The molecule has 0 fully saturated rings. The van der Waals surface area contributed by atoms with Gasteiger partial charge in [0.2, 0.25) is 0 Å². The third-order valence-corrected chi connectivity index (χ3v) is 2.86. The number of ether oxygens (including phenoxy) is 1. The molecule has 130 valence electrons. The molecule has 0 amide bonds. The lowest BCUT2D eigenvalue weighted by molar-refractivity contribution is -0.969. The van der Waals surface area contributed by atoms with Crippen LogP contribution in [0.4, 0.5) is 5.69 Å². The van der Waals surface area contributed by atoms with E-state index in [1.54, 1.807) is 13.3 Å². The Bertz CT molecular complexity index is 699. The summed E-state index contributed by atoms with van der Waals surface area (Å²) in [7, 11) is 1.65. The molecule has 0 atom stereocenters. The molecule has 10 heteroatoms. The molecular weight excluding hydrogens is 316 g/mol. The highest BCUT2D eigenvalue weighted by atomic mass is 16.9. The first kappa shape index (κ1) is 18.7. The maximum atomic E-state index is 8.47. The number of hydrogen-bond donors (Lipinski definition) is 5. The molecular formula is C14H21N6O4+. The number of guanidine groups is 1. The Kier molecular flexibility index (Phi) is 7.55. The van der Waals surface area contributed by atoms with Gasteiger partial charge >= 0.3 is 5.09 Å². The molecule has 1 heterocycles. The summed E-state index contributed by atoms with van der Waals surface area (Å²) < 4.78 is 5.30. The van der Waals surface area contributed by atoms with Crippen LogP contribution in [0.2, 0.25) is 0 Å². The number of fused-ring (bicyclic) bond motifs is 1. The van der Waals surface area contributed by atoms with Gasteiger partial charge in [-0.3, -0.25) is 9.98 Å². The Morgan fingerprint density at radius 1 is 1.42 bits per heavy atom. The largest absolute Gasteiger partial charge is 0.497 e. The van der Waals surface area contributed by atoms with Crippen molar-refractivity contribution in [2.24, 2.45) is 16.5 Å². The minimum atomic E-state index is -1.25. The Hall–Kier alpha value is -3.30. The highest BCUT2D eigenvalue weighted by molar-refractivity contribution is 5.91. The van der Waals surface area contributed by atoms with E-state index in [-0.39, 0.29) is 5.96 Å². The minimum absolute atomic E-state index is 0.124. The monoisotopic (exact) mass is 337 g/mol. The molecule has 2 rings (SSSR count). The number of hydrogen-bond acceptors (Lipinski definition) is 5. The fraction of sp³-hybridized carbons (Fsp3) is 0.286. The molecule has 10 nitrogen and oxygen atoms in total. The first-order valence-electron chi connectivity index (χ1n) is 7.01. The van der Waals surface area contributed by atoms with Gasteiger partial charge in [0.15, 0.2) is 5.96 Å². The van der Waals surface area contributed by atoms with Crippen LogP contribution in [-0.4, -0.2) is 46.6 Å². The lowest BCUT2D eigenvalue weighted by atomic mass is 10.1. The second kappa shape index (κ2) is 9.66. The maximum absolute atomic E-state index is 8.47. The summed E-state index contributed by atoms with van der Waals surface area (Å²) in [4.78, 5) is 16.8. The molecule has 1 aromatic carbocycles. The Morgan fingerprint density at radius 3 is 2.75 bits per heavy atom. The third-order valence-electron chi connectivity index (χ3n) is 2.86. The Morgan fingerprint density at radius 2 is 2.12 bits per heavy atom. The van der Waals surface area contributed by atoms with Crippen molar-refractivity contribution in [3.63, 3.8) is 0 Å². The molecule has 0 unspecified atom stereocenters. The van der Waals surface area contributed by atoms with Crippen LogP contribution in [0, 0.1) is 4.91 Å². The number of methoxy groups -OCH3 is 1. The SMILES string of the molecule is COc1cc(NCCCN=C(N)N)c2ncccc2c1.O=[N+](O)O. The first-order valence-corrected chi connectivity index (χ1v) is 7.01. The van der Waals surface area contributed by atoms with E-state index in [0.717, 1.165) is 35.3 Å². The number of aliphatic imine (C=N–C) groups is 1. The molecule has 0 spiro atoms. The lowest BCUT2D eigenvalue weighted by Gasteiger charge is -2.10. The van der Waals surface area contributed by atoms with Gasteiger partial charge in [-0.25, -0.2) is 10.4 Å². The van der Waals surface area contributed by atoms with Gasteiger partial charge in [-0.05, 0) is 18.6 Å². The van der Waals surface area contributed by atoms with Gasteiger partial charge in [-0.15, -0.1) is 0 Å². The van der Waals surface area contributed by atoms with Crippen LogP contribution in [0.1, 0.15) is 6.42 Å². The van der Waals surface area contributed by atoms with Crippen molar-refractivity contribution in [1.82, 2.24) is 4.98 Å². The fourth-order valence-electron chi connectivity index (χ4n) is 1.93. The van der Waals surface area contributed by atoms with Gasteiger partial charge in [0, 0.05) is 30.7 Å². The number of anilines is 1. The van der Waals surface area contributed by atoms with Gasteiger partial charge in [-0.2, -0.15) is 0 Å². The maximum Gasteiger partial charge on any atom is 0.472 e. The van der Waals surface area contributed by atoms with Crippen molar-refractivity contribution in [3.05, 3.63) is 35.4 Å². The second-order valence-corrected chi connectivity index (χ2v) is 4.59. The van der Waals surface area contributed by atoms with E-state index >= 15 is 0 Å². The van der Waals surface area contributed by atoms with E-state index in [4.69, 9.17) is 31.5 Å². The molecule has 0 saturated carbocycles. The minimum Gasteiger partial charge on any atom is -0.497 e. The normalized spacial score (nSPS) is 9.54. The molecule has 0 radical (unpaired) electrons. The molecule has 2 aromatic rings. The van der Waals surface area contributed by atoms with Crippen LogP contribution < -0.4 is 21.5 Å². The molecule has 0 aliphatic heterocycles. The van der Waals surface area contributed by atoms with Crippen molar-refractivity contribution in [3.8, 4) is 5.75 Å². The van der Waals surface area contributed by atoms with Crippen LogP contribution in [-0.2, 0) is 0 Å². The van der Waals surface area contributed by atoms with Crippen LogP contribution in [0.3, 0.4) is 0 Å². The van der Waals surface area contributed by atoms with Crippen LogP contribution in [0.5, 0.6) is 5.75 Å². The van der Waals surface area contributed by atoms with E-state index in [9.17, 15) is 0 Å². The Balaban J connectivity index is 0.000000648. The number of nitrogens with one attached hydrogen (secondary N) is 1. The van der Waals surface area contributed by atoms with Crippen molar-refractivity contribution < 1.29 is 20.2 Å². The van der Waals surface area contributed by atoms with E-state index in [2.05, 4.69) is 15.3 Å². The highest BCUT2D eigenvalue weighted by Crippen LogP contribution is 2.27. The highest BCUT2D eigenvalue weighted by Gasteiger charge is 2.05. The molecule has 0 aliphatic carbocycles. The predicted octanol–water partition coefficient (Wildman–Crippen LogP) is 0.863. The van der Waals surface area contributed by atoms with Gasteiger partial charge in [-0.1, -0.05) is 6.07 Å². The molecule has 24 heavy (non-hydrogen) atoms. The number of benzene rings is 1. The topological polar surface area (TPSA) is 159 Å². The second-order valence-electron chi connectivity index (χ2n) is 4.59. The van der Waals surface area contributed by atoms with Crippen molar-refractivity contribution >= 4 is 22.5 Å². The zero-order chi connectivity index (χ0) is 17.9. The number of nitrogens with two attached hydrogens (primary N) is 2. The lowest BCUT2D eigenvalue weighted by Crippen LogP contribution is -2.23. The summed E-state index contributed by atoms with van der Waals surface area (Å²) in [5.74, 6) is 0.927. The summed E-state index contributed by atoms with van der Waals surface area (Å²) in [6.07, 6.45) is 2.61. The Labute approximate surface area is 138 Å². The number of pyridine rings is 1. The van der Waals surface area contributed by atoms with Crippen LogP contribution in [0.15, 0.2) is 35.5 Å². The molecule has 0 saturated heterocycles. The smallest absolute Gasteiger partial charge is 0.472 e. The van der Waals surface area contributed by atoms with E-state index in [1.807, 2.05) is 24.3 Å². The first-order chi connectivity index (χ1) is 11.4. The van der Waals surface area contributed by atoms with Gasteiger partial charge in [0.05, 0.1) is 18.3 Å². The zero-order valence-corrected chi connectivity index (χ0v) is 13.2. The fourth-order valence-corrected chi connectivity index (χ4v) is 1.93. The molecule has 1 aromatic heterocycles. The third kappa shape index (κ3) is 6.64. The zero-order valence-electron chi connectivity index (χ0n) is 13.2. The summed E-state index contributed by atoms with van der Waals surface area (Å²) in [6, 6.07) is 7.82. The van der Waals surface area contributed by atoms with Gasteiger partial charge in [0.25, 0.3) is 0 Å². The average Bonchev–Trinajstić information content (AvgIpc) is 2.53. The van der Waals surface area contributed by atoms with Crippen LogP contribution in [0.25, 0.3) is 10.9 Å². The van der Waals surface area contributed by atoms with Crippen molar-refractivity contribution in [2.45, 2.75) is 6.42 Å².